The first-order valence-electron chi connectivity index (χ1n) is 8.68. The van der Waals surface area contributed by atoms with Crippen LogP contribution in [0.25, 0.3) is 0 Å². The summed E-state index contributed by atoms with van der Waals surface area (Å²) in [5, 5.41) is 7.22. The lowest BCUT2D eigenvalue weighted by Crippen LogP contribution is -2.55. The van der Waals surface area contributed by atoms with Gasteiger partial charge in [-0.25, -0.2) is 9.97 Å². The Morgan fingerprint density at radius 1 is 1.21 bits per heavy atom. The van der Waals surface area contributed by atoms with Gasteiger partial charge in [0.1, 0.15) is 12.1 Å². The van der Waals surface area contributed by atoms with E-state index >= 15 is 0 Å². The smallest absolute Gasteiger partial charge is 0.133 e. The molecule has 2 aliphatic rings. The zero-order chi connectivity index (χ0) is 16.4. The molecule has 1 spiro atoms. The Morgan fingerprint density at radius 3 is 2.83 bits per heavy atom. The van der Waals surface area contributed by atoms with Gasteiger partial charge in [0, 0.05) is 31.1 Å². The SMILES string of the molecule is Cc1cccnc1CC1NCC2(CCNCC2)N1c1ccncn1. The van der Waals surface area contributed by atoms with Crippen LogP contribution in [0.5, 0.6) is 0 Å². The first kappa shape index (κ1) is 15.5. The van der Waals surface area contributed by atoms with Gasteiger partial charge in [-0.15, -0.1) is 0 Å². The lowest BCUT2D eigenvalue weighted by Gasteiger charge is -2.43. The van der Waals surface area contributed by atoms with Crippen LogP contribution in [0, 0.1) is 6.92 Å². The number of rotatable bonds is 3. The molecule has 6 nitrogen and oxygen atoms in total. The van der Waals surface area contributed by atoms with Gasteiger partial charge in [0.25, 0.3) is 0 Å². The van der Waals surface area contributed by atoms with Crippen LogP contribution < -0.4 is 15.5 Å². The average Bonchev–Trinajstić information content (AvgIpc) is 2.96. The molecule has 1 unspecified atom stereocenters. The average molecular weight is 324 g/mol. The zero-order valence-corrected chi connectivity index (χ0v) is 14.1. The minimum Gasteiger partial charge on any atom is -0.334 e. The Kier molecular flexibility index (Phi) is 4.16. The number of piperidine rings is 1. The van der Waals surface area contributed by atoms with Gasteiger partial charge in [0.15, 0.2) is 0 Å². The molecule has 2 aromatic rings. The summed E-state index contributed by atoms with van der Waals surface area (Å²) in [6.07, 6.45) is 8.71. The van der Waals surface area contributed by atoms with E-state index in [-0.39, 0.29) is 11.7 Å². The highest BCUT2D eigenvalue weighted by molar-refractivity contribution is 5.46. The number of anilines is 1. The van der Waals surface area contributed by atoms with E-state index in [0.29, 0.717) is 0 Å². The van der Waals surface area contributed by atoms with Crippen molar-refractivity contribution >= 4 is 5.82 Å². The molecule has 4 heterocycles. The third-order valence-electron chi connectivity index (χ3n) is 5.34. The Hall–Kier alpha value is -2.05. The molecular formula is C18H24N6. The van der Waals surface area contributed by atoms with Crippen LogP contribution in [-0.2, 0) is 6.42 Å². The fourth-order valence-electron chi connectivity index (χ4n) is 4.03. The number of pyridine rings is 1. The fourth-order valence-corrected chi connectivity index (χ4v) is 4.03. The summed E-state index contributed by atoms with van der Waals surface area (Å²) in [4.78, 5) is 15.7. The van der Waals surface area contributed by atoms with E-state index in [4.69, 9.17) is 0 Å². The van der Waals surface area contributed by atoms with Crippen LogP contribution >= 0.6 is 0 Å². The summed E-state index contributed by atoms with van der Waals surface area (Å²) in [6, 6.07) is 6.15. The molecule has 0 radical (unpaired) electrons. The van der Waals surface area contributed by atoms with Crippen LogP contribution in [0.1, 0.15) is 24.1 Å². The van der Waals surface area contributed by atoms with Crippen molar-refractivity contribution in [3.63, 3.8) is 0 Å². The minimum atomic E-state index is 0.132. The Bertz CT molecular complexity index is 683. The van der Waals surface area contributed by atoms with Crippen LogP contribution in [0.2, 0.25) is 0 Å². The van der Waals surface area contributed by atoms with Gasteiger partial charge < -0.3 is 10.2 Å². The molecule has 2 N–H and O–H groups in total. The van der Waals surface area contributed by atoms with Gasteiger partial charge in [0.2, 0.25) is 0 Å². The van der Waals surface area contributed by atoms with Crippen molar-refractivity contribution in [1.29, 1.82) is 0 Å². The number of hydrogen-bond acceptors (Lipinski definition) is 6. The lowest BCUT2D eigenvalue weighted by atomic mass is 9.87. The Morgan fingerprint density at radius 2 is 2.08 bits per heavy atom. The molecule has 126 valence electrons. The Labute approximate surface area is 142 Å². The second-order valence-corrected chi connectivity index (χ2v) is 6.78. The normalized spacial score (nSPS) is 22.9. The first-order valence-corrected chi connectivity index (χ1v) is 8.68. The second kappa shape index (κ2) is 6.45. The summed E-state index contributed by atoms with van der Waals surface area (Å²) in [5.74, 6) is 1.01. The van der Waals surface area contributed by atoms with Crippen LogP contribution in [0.15, 0.2) is 36.9 Å². The van der Waals surface area contributed by atoms with E-state index in [1.54, 1.807) is 6.33 Å². The maximum atomic E-state index is 4.59. The van der Waals surface area contributed by atoms with E-state index in [1.807, 2.05) is 24.5 Å². The van der Waals surface area contributed by atoms with E-state index in [0.717, 1.165) is 50.4 Å². The molecular weight excluding hydrogens is 300 g/mol. The maximum absolute atomic E-state index is 4.59. The molecule has 24 heavy (non-hydrogen) atoms. The molecule has 2 fully saturated rings. The zero-order valence-electron chi connectivity index (χ0n) is 14.1. The first-order chi connectivity index (χ1) is 11.8. The van der Waals surface area contributed by atoms with Gasteiger partial charge in [-0.3, -0.25) is 10.3 Å². The molecule has 4 rings (SSSR count). The molecule has 0 aromatic carbocycles. The van der Waals surface area contributed by atoms with E-state index in [2.05, 4.69) is 43.5 Å². The predicted molar refractivity (Wildman–Crippen MR) is 93.8 cm³/mol. The molecule has 0 amide bonds. The maximum Gasteiger partial charge on any atom is 0.133 e. The number of hydrogen-bond donors (Lipinski definition) is 2. The van der Waals surface area contributed by atoms with Crippen molar-refractivity contribution in [2.45, 2.75) is 37.9 Å². The number of nitrogens with zero attached hydrogens (tertiary/aromatic N) is 4. The van der Waals surface area contributed by atoms with Crippen molar-refractivity contribution in [3.8, 4) is 0 Å². The molecule has 0 aliphatic carbocycles. The largest absolute Gasteiger partial charge is 0.334 e. The summed E-state index contributed by atoms with van der Waals surface area (Å²) in [6.45, 7) is 5.24. The molecule has 2 aliphatic heterocycles. The number of aryl methyl sites for hydroxylation is 1. The van der Waals surface area contributed by atoms with Crippen molar-refractivity contribution in [3.05, 3.63) is 48.2 Å². The highest BCUT2D eigenvalue weighted by Crippen LogP contribution is 2.36. The third-order valence-corrected chi connectivity index (χ3v) is 5.34. The standard InChI is InChI=1S/C18H24N6/c1-14-3-2-7-21-15(14)11-17-22-12-18(5-9-19-10-6-18)24(17)16-4-8-20-13-23-16/h2-4,7-8,13,17,19,22H,5-6,9-12H2,1H3. The third kappa shape index (κ3) is 2.76. The van der Waals surface area contributed by atoms with Crippen LogP contribution in [-0.4, -0.2) is 46.3 Å². The molecule has 0 saturated carbocycles. The van der Waals surface area contributed by atoms with Gasteiger partial charge >= 0.3 is 0 Å². The lowest BCUT2D eigenvalue weighted by molar-refractivity contribution is 0.320. The molecule has 2 aromatic heterocycles. The summed E-state index contributed by atoms with van der Waals surface area (Å²) >= 11 is 0. The second-order valence-electron chi connectivity index (χ2n) is 6.78. The van der Waals surface area contributed by atoms with Crippen LogP contribution in [0.4, 0.5) is 5.82 Å². The van der Waals surface area contributed by atoms with E-state index < -0.39 is 0 Å². The summed E-state index contributed by atoms with van der Waals surface area (Å²) in [5.41, 5.74) is 2.53. The van der Waals surface area contributed by atoms with Gasteiger partial charge in [-0.05, 0) is 50.6 Å². The number of nitrogens with one attached hydrogen (secondary N) is 2. The Balaban J connectivity index is 1.67. The fraction of sp³-hybridized carbons (Fsp3) is 0.500. The predicted octanol–water partition coefficient (Wildman–Crippen LogP) is 1.28. The minimum absolute atomic E-state index is 0.132. The van der Waals surface area contributed by atoms with Crippen LogP contribution in [0.3, 0.4) is 0 Å². The molecule has 1 atom stereocenters. The van der Waals surface area contributed by atoms with Crippen molar-refractivity contribution in [2.75, 3.05) is 24.5 Å². The van der Waals surface area contributed by atoms with Gasteiger partial charge in [0.05, 0.1) is 11.7 Å². The van der Waals surface area contributed by atoms with Gasteiger partial charge in [-0.1, -0.05) is 6.07 Å². The highest BCUT2D eigenvalue weighted by atomic mass is 15.4. The summed E-state index contributed by atoms with van der Waals surface area (Å²) < 4.78 is 0. The topological polar surface area (TPSA) is 66.0 Å². The van der Waals surface area contributed by atoms with Crippen molar-refractivity contribution in [2.24, 2.45) is 0 Å². The highest BCUT2D eigenvalue weighted by Gasteiger charge is 2.47. The molecule has 6 heteroatoms. The quantitative estimate of drug-likeness (QED) is 0.887. The molecule has 2 saturated heterocycles. The monoisotopic (exact) mass is 324 g/mol. The summed E-state index contributed by atoms with van der Waals surface area (Å²) in [7, 11) is 0. The van der Waals surface area contributed by atoms with E-state index in [1.165, 1.54) is 5.56 Å². The molecule has 0 bridgehead atoms. The van der Waals surface area contributed by atoms with Crippen molar-refractivity contribution in [1.82, 2.24) is 25.6 Å². The van der Waals surface area contributed by atoms with Gasteiger partial charge in [-0.2, -0.15) is 0 Å². The number of aromatic nitrogens is 3. The van der Waals surface area contributed by atoms with E-state index in [9.17, 15) is 0 Å². The van der Waals surface area contributed by atoms with Crippen molar-refractivity contribution < 1.29 is 0 Å².